The quantitative estimate of drug-likeness (QED) is 0.683. The molecule has 0 unspecified atom stereocenters. The van der Waals surface area contributed by atoms with Gasteiger partial charge in [-0.3, -0.25) is 4.79 Å². The number of Topliss-reactive ketones (excluding diaryl/α,β-unsaturated/α-hetero) is 1. The Labute approximate surface area is 70.0 Å². The van der Waals surface area contributed by atoms with Crippen LogP contribution in [0.2, 0.25) is 0 Å². The molecule has 0 aliphatic rings. The van der Waals surface area contributed by atoms with Gasteiger partial charge in [0.05, 0.1) is 10.9 Å². The van der Waals surface area contributed by atoms with Crippen LogP contribution in [0.5, 0.6) is 0 Å². The summed E-state index contributed by atoms with van der Waals surface area (Å²) in [6.45, 7) is 3.68. The van der Waals surface area contributed by atoms with Gasteiger partial charge in [-0.15, -0.1) is 11.3 Å². The Hall–Kier alpha value is -0.670. The number of hydrogen-bond donors (Lipinski definition) is 1. The number of thiophene rings is 1. The first-order valence-corrected chi connectivity index (χ1v) is 4.29. The average molecular weight is 169 g/mol. The number of aryl methyl sites for hydroxylation is 1. The highest BCUT2D eigenvalue weighted by atomic mass is 32.1. The van der Waals surface area contributed by atoms with Gasteiger partial charge in [-0.1, -0.05) is 0 Å². The number of nitrogens with two attached hydrogens (primary N) is 1. The van der Waals surface area contributed by atoms with Gasteiger partial charge in [-0.05, 0) is 26.0 Å². The molecule has 1 aromatic rings. The summed E-state index contributed by atoms with van der Waals surface area (Å²) in [5, 5.41) is 0. The zero-order valence-corrected chi connectivity index (χ0v) is 7.44. The SMILES string of the molecule is Cc1ccc(C(=O)[C@H](C)N)s1. The van der Waals surface area contributed by atoms with Gasteiger partial charge in [0.15, 0.2) is 5.78 Å². The molecule has 2 N–H and O–H groups in total. The van der Waals surface area contributed by atoms with Gasteiger partial charge in [0.25, 0.3) is 0 Å². The maximum Gasteiger partial charge on any atom is 0.189 e. The highest BCUT2D eigenvalue weighted by Crippen LogP contribution is 2.16. The molecular weight excluding hydrogens is 158 g/mol. The molecule has 1 heterocycles. The summed E-state index contributed by atoms with van der Waals surface area (Å²) >= 11 is 1.49. The largest absolute Gasteiger partial charge is 0.321 e. The Morgan fingerprint density at radius 2 is 2.27 bits per heavy atom. The predicted molar refractivity (Wildman–Crippen MR) is 47.0 cm³/mol. The van der Waals surface area contributed by atoms with Crippen LogP contribution in [0.15, 0.2) is 12.1 Å². The van der Waals surface area contributed by atoms with E-state index < -0.39 is 0 Å². The van der Waals surface area contributed by atoms with Crippen LogP contribution in [0.25, 0.3) is 0 Å². The molecule has 0 aliphatic heterocycles. The molecule has 1 aromatic heterocycles. The predicted octanol–water partition coefficient (Wildman–Crippen LogP) is 1.59. The first-order valence-electron chi connectivity index (χ1n) is 3.47. The molecule has 3 heteroatoms. The van der Waals surface area contributed by atoms with Gasteiger partial charge in [0.1, 0.15) is 0 Å². The molecule has 0 saturated heterocycles. The zero-order chi connectivity index (χ0) is 8.43. The second-order valence-electron chi connectivity index (χ2n) is 2.56. The molecule has 0 saturated carbocycles. The van der Waals surface area contributed by atoms with E-state index in [1.165, 1.54) is 11.3 Å². The topological polar surface area (TPSA) is 43.1 Å². The first-order chi connectivity index (χ1) is 5.11. The summed E-state index contributed by atoms with van der Waals surface area (Å²) in [6.07, 6.45) is 0. The van der Waals surface area contributed by atoms with E-state index in [0.717, 1.165) is 9.75 Å². The van der Waals surface area contributed by atoms with Crippen molar-refractivity contribution in [1.82, 2.24) is 0 Å². The average Bonchev–Trinajstić information content (AvgIpc) is 2.34. The van der Waals surface area contributed by atoms with Crippen LogP contribution in [-0.2, 0) is 0 Å². The van der Waals surface area contributed by atoms with Crippen molar-refractivity contribution in [2.75, 3.05) is 0 Å². The maximum atomic E-state index is 11.2. The van der Waals surface area contributed by atoms with Crippen LogP contribution >= 0.6 is 11.3 Å². The summed E-state index contributed by atoms with van der Waals surface area (Å²) in [4.78, 5) is 13.2. The van der Waals surface area contributed by atoms with Crippen LogP contribution in [-0.4, -0.2) is 11.8 Å². The third-order valence-electron chi connectivity index (χ3n) is 1.40. The fraction of sp³-hybridized carbons (Fsp3) is 0.375. The smallest absolute Gasteiger partial charge is 0.189 e. The minimum atomic E-state index is -0.381. The van der Waals surface area contributed by atoms with Crippen LogP contribution in [0, 0.1) is 6.92 Å². The number of carbonyl (C=O) groups is 1. The van der Waals surface area contributed by atoms with Gasteiger partial charge in [-0.25, -0.2) is 0 Å². The number of rotatable bonds is 2. The van der Waals surface area contributed by atoms with Crippen LogP contribution in [0.1, 0.15) is 21.5 Å². The minimum Gasteiger partial charge on any atom is -0.321 e. The fourth-order valence-electron chi connectivity index (χ4n) is 0.791. The second-order valence-corrected chi connectivity index (χ2v) is 3.85. The third-order valence-corrected chi connectivity index (χ3v) is 2.41. The van der Waals surface area contributed by atoms with E-state index in [-0.39, 0.29) is 11.8 Å². The second kappa shape index (κ2) is 3.15. The van der Waals surface area contributed by atoms with E-state index in [0.29, 0.717) is 0 Å². The Kier molecular flexibility index (Phi) is 2.42. The standard InChI is InChI=1S/C8H11NOS/c1-5-3-4-7(11-5)8(10)6(2)9/h3-4,6H,9H2,1-2H3/t6-/m0/s1. The van der Waals surface area contributed by atoms with E-state index in [2.05, 4.69) is 0 Å². The molecule has 60 valence electrons. The molecule has 0 fully saturated rings. The summed E-state index contributed by atoms with van der Waals surface area (Å²) < 4.78 is 0. The highest BCUT2D eigenvalue weighted by molar-refractivity contribution is 7.14. The molecule has 0 amide bonds. The molecule has 0 bridgehead atoms. The van der Waals surface area contributed by atoms with Crippen molar-refractivity contribution in [2.45, 2.75) is 19.9 Å². The van der Waals surface area contributed by atoms with Crippen LogP contribution < -0.4 is 5.73 Å². The number of ketones is 1. The van der Waals surface area contributed by atoms with E-state index in [4.69, 9.17) is 5.73 Å². The lowest BCUT2D eigenvalue weighted by Crippen LogP contribution is -2.25. The van der Waals surface area contributed by atoms with E-state index in [9.17, 15) is 4.79 Å². The number of carbonyl (C=O) groups excluding carboxylic acids is 1. The molecule has 0 spiro atoms. The fourth-order valence-corrected chi connectivity index (χ4v) is 1.70. The normalized spacial score (nSPS) is 13.0. The van der Waals surface area contributed by atoms with Gasteiger partial charge in [0, 0.05) is 4.88 Å². The Morgan fingerprint density at radius 1 is 1.64 bits per heavy atom. The summed E-state index contributed by atoms with van der Waals surface area (Å²) in [5.41, 5.74) is 5.43. The Morgan fingerprint density at radius 3 is 2.64 bits per heavy atom. The van der Waals surface area contributed by atoms with E-state index in [1.807, 2.05) is 19.1 Å². The first kappa shape index (κ1) is 8.43. The van der Waals surface area contributed by atoms with Gasteiger partial charge < -0.3 is 5.73 Å². The van der Waals surface area contributed by atoms with Crippen molar-refractivity contribution in [1.29, 1.82) is 0 Å². The van der Waals surface area contributed by atoms with E-state index >= 15 is 0 Å². The van der Waals surface area contributed by atoms with Crippen molar-refractivity contribution in [3.63, 3.8) is 0 Å². The van der Waals surface area contributed by atoms with Crippen molar-refractivity contribution < 1.29 is 4.79 Å². The Balaban J connectivity index is 2.85. The summed E-state index contributed by atoms with van der Waals surface area (Å²) in [6, 6.07) is 3.37. The minimum absolute atomic E-state index is 0.0306. The monoisotopic (exact) mass is 169 g/mol. The van der Waals surface area contributed by atoms with E-state index in [1.54, 1.807) is 6.92 Å². The van der Waals surface area contributed by atoms with Gasteiger partial charge in [-0.2, -0.15) is 0 Å². The molecule has 0 radical (unpaired) electrons. The maximum absolute atomic E-state index is 11.2. The van der Waals surface area contributed by atoms with Crippen molar-refractivity contribution in [3.05, 3.63) is 21.9 Å². The number of hydrogen-bond acceptors (Lipinski definition) is 3. The molecule has 11 heavy (non-hydrogen) atoms. The summed E-state index contributed by atoms with van der Waals surface area (Å²) in [5.74, 6) is 0.0306. The van der Waals surface area contributed by atoms with Gasteiger partial charge >= 0.3 is 0 Å². The molecule has 2 nitrogen and oxygen atoms in total. The molecule has 1 atom stereocenters. The molecule has 0 aromatic carbocycles. The van der Waals surface area contributed by atoms with Crippen molar-refractivity contribution in [3.8, 4) is 0 Å². The van der Waals surface area contributed by atoms with Crippen LogP contribution in [0.4, 0.5) is 0 Å². The molecule has 0 aliphatic carbocycles. The van der Waals surface area contributed by atoms with Crippen LogP contribution in [0.3, 0.4) is 0 Å². The van der Waals surface area contributed by atoms with Crippen molar-refractivity contribution in [2.24, 2.45) is 5.73 Å². The lowest BCUT2D eigenvalue weighted by molar-refractivity contribution is 0.0972. The zero-order valence-electron chi connectivity index (χ0n) is 6.63. The molecule has 1 rings (SSSR count). The highest BCUT2D eigenvalue weighted by Gasteiger charge is 2.11. The van der Waals surface area contributed by atoms with Crippen molar-refractivity contribution >= 4 is 17.1 Å². The molecular formula is C8H11NOS. The lowest BCUT2D eigenvalue weighted by atomic mass is 10.2. The third kappa shape index (κ3) is 1.88. The summed E-state index contributed by atoms with van der Waals surface area (Å²) in [7, 11) is 0. The Bertz CT molecular complexity index is 265. The van der Waals surface area contributed by atoms with Gasteiger partial charge in [0.2, 0.25) is 0 Å². The lowest BCUT2D eigenvalue weighted by Gasteiger charge is -1.98.